The van der Waals surface area contributed by atoms with Gasteiger partial charge in [-0.25, -0.2) is 0 Å². The minimum Gasteiger partial charge on any atom is -0.404 e. The molecule has 0 aliphatic heterocycles. The number of nitrogens with one attached hydrogen (secondary N) is 1. The van der Waals surface area contributed by atoms with E-state index in [1.807, 2.05) is 6.92 Å². The van der Waals surface area contributed by atoms with Crippen molar-refractivity contribution in [1.29, 1.82) is 0 Å². The molecule has 0 saturated heterocycles. The Morgan fingerprint density at radius 1 is 1.37 bits per heavy atom. The van der Waals surface area contributed by atoms with Gasteiger partial charge in [-0.15, -0.1) is 11.3 Å². The topological polar surface area (TPSA) is 93.5 Å². The number of aliphatic imine (C=N–C) groups is 1. The lowest BCUT2D eigenvalue weighted by Gasteiger charge is -2.19. The van der Waals surface area contributed by atoms with Gasteiger partial charge in [0.2, 0.25) is 0 Å². The quantitative estimate of drug-likeness (QED) is 0.499. The summed E-state index contributed by atoms with van der Waals surface area (Å²) in [6.45, 7) is 1.84. The van der Waals surface area contributed by atoms with Crippen LogP contribution in [0.3, 0.4) is 0 Å². The van der Waals surface area contributed by atoms with Crippen LogP contribution < -0.4 is 16.8 Å². The fraction of sp³-hybridized carbons (Fsp3) is 0.300. The number of hydrogen-bond donors (Lipinski definition) is 3. The standard InChI is InChI=1S/C20H22BrF3N4OS/c1-11-14(18(27-2)16(21)10-26)8-17(30-11)19(29)28-13(9-25)7-12-5-3-4-6-15(12)20(22,23)24/h3-6,8,10,13H,7,9,25-26H2,1-2H3,(H,28,29)/t13-/m0/s1. The number of benzene rings is 1. The molecular weight excluding hydrogens is 481 g/mol. The van der Waals surface area contributed by atoms with Crippen molar-refractivity contribution in [2.24, 2.45) is 16.5 Å². The molecule has 5 nitrogen and oxygen atoms in total. The Balaban J connectivity index is 2.22. The fourth-order valence-corrected chi connectivity index (χ4v) is 4.27. The Kier molecular flexibility index (Phi) is 8.22. The van der Waals surface area contributed by atoms with Crippen molar-refractivity contribution in [2.45, 2.75) is 25.6 Å². The first-order chi connectivity index (χ1) is 14.1. The summed E-state index contributed by atoms with van der Waals surface area (Å²) in [5.41, 5.74) is 12.0. The van der Waals surface area contributed by atoms with Crippen LogP contribution in [0.15, 0.2) is 46.0 Å². The maximum atomic E-state index is 13.2. The summed E-state index contributed by atoms with van der Waals surface area (Å²) in [6, 6.07) is 6.31. The molecule has 162 valence electrons. The van der Waals surface area contributed by atoms with Crippen molar-refractivity contribution in [3.8, 4) is 0 Å². The molecule has 0 bridgehead atoms. The van der Waals surface area contributed by atoms with Gasteiger partial charge in [-0.05, 0) is 47.0 Å². The Labute approximate surface area is 185 Å². The third-order valence-corrected chi connectivity index (χ3v) is 6.09. The van der Waals surface area contributed by atoms with Gasteiger partial charge < -0.3 is 16.8 Å². The van der Waals surface area contributed by atoms with Crippen molar-refractivity contribution in [2.75, 3.05) is 13.6 Å². The van der Waals surface area contributed by atoms with Gasteiger partial charge in [0.15, 0.2) is 0 Å². The number of hydrogen-bond acceptors (Lipinski definition) is 5. The lowest BCUT2D eigenvalue weighted by molar-refractivity contribution is -0.138. The number of aryl methyl sites for hydroxylation is 1. The zero-order valence-electron chi connectivity index (χ0n) is 16.4. The highest BCUT2D eigenvalue weighted by molar-refractivity contribution is 9.12. The van der Waals surface area contributed by atoms with Crippen molar-refractivity contribution < 1.29 is 18.0 Å². The smallest absolute Gasteiger partial charge is 0.404 e. The van der Waals surface area contributed by atoms with Crippen molar-refractivity contribution in [3.63, 3.8) is 0 Å². The minimum absolute atomic E-state index is 0.00171. The molecule has 1 aromatic carbocycles. The van der Waals surface area contributed by atoms with Gasteiger partial charge in [-0.2, -0.15) is 13.2 Å². The van der Waals surface area contributed by atoms with E-state index in [-0.39, 0.29) is 18.5 Å². The van der Waals surface area contributed by atoms with E-state index in [0.29, 0.717) is 15.1 Å². The Morgan fingerprint density at radius 2 is 2.03 bits per heavy atom. The maximum absolute atomic E-state index is 13.2. The number of allylic oxidation sites excluding steroid dienone is 1. The first kappa shape index (κ1) is 24.1. The highest BCUT2D eigenvalue weighted by atomic mass is 79.9. The van der Waals surface area contributed by atoms with Crippen LogP contribution in [0.25, 0.3) is 0 Å². The van der Waals surface area contributed by atoms with Gasteiger partial charge in [0.25, 0.3) is 5.91 Å². The predicted molar refractivity (Wildman–Crippen MR) is 118 cm³/mol. The number of nitrogens with zero attached hydrogens (tertiary/aromatic N) is 1. The van der Waals surface area contributed by atoms with Crippen LogP contribution in [0.5, 0.6) is 0 Å². The third-order valence-electron chi connectivity index (χ3n) is 4.40. The van der Waals surface area contributed by atoms with Gasteiger partial charge in [0.1, 0.15) is 0 Å². The van der Waals surface area contributed by atoms with Crippen LogP contribution in [-0.2, 0) is 12.6 Å². The molecule has 5 N–H and O–H groups in total. The number of carbonyl (C=O) groups is 1. The van der Waals surface area contributed by atoms with E-state index in [9.17, 15) is 18.0 Å². The average Bonchev–Trinajstić information content (AvgIpc) is 3.09. The van der Waals surface area contributed by atoms with Gasteiger partial charge in [0, 0.05) is 36.3 Å². The Hall–Kier alpha value is -2.17. The molecule has 0 aliphatic rings. The first-order valence-electron chi connectivity index (χ1n) is 8.93. The molecular formula is C20H22BrF3N4OS. The molecule has 30 heavy (non-hydrogen) atoms. The van der Waals surface area contributed by atoms with Crippen molar-refractivity contribution in [3.05, 3.63) is 67.5 Å². The predicted octanol–water partition coefficient (Wildman–Crippen LogP) is 3.99. The molecule has 0 spiro atoms. The monoisotopic (exact) mass is 502 g/mol. The number of amides is 1. The highest BCUT2D eigenvalue weighted by Gasteiger charge is 2.33. The molecule has 2 aromatic rings. The SMILES string of the molecule is CN=C(C(Br)=CN)c1cc(C(=O)N[C@H](CN)Cc2ccccc2C(F)(F)F)sc1C. The molecule has 1 aromatic heterocycles. The second kappa shape index (κ2) is 10.2. The lowest BCUT2D eigenvalue weighted by Crippen LogP contribution is -2.41. The Morgan fingerprint density at radius 3 is 2.60 bits per heavy atom. The normalized spacial score (nSPS) is 14.0. The molecule has 10 heteroatoms. The zero-order valence-corrected chi connectivity index (χ0v) is 18.8. The molecule has 0 saturated carbocycles. The summed E-state index contributed by atoms with van der Waals surface area (Å²) in [4.78, 5) is 18.2. The molecule has 1 atom stereocenters. The van der Waals surface area contributed by atoms with Gasteiger partial charge in [-0.1, -0.05) is 18.2 Å². The molecule has 0 radical (unpaired) electrons. The largest absolute Gasteiger partial charge is 0.416 e. The Bertz CT molecular complexity index is 969. The molecule has 1 heterocycles. The second-order valence-corrected chi connectivity index (χ2v) is 8.54. The third kappa shape index (κ3) is 5.71. The summed E-state index contributed by atoms with van der Waals surface area (Å²) in [6.07, 6.45) is -3.14. The maximum Gasteiger partial charge on any atom is 0.416 e. The number of carbonyl (C=O) groups excluding carboxylic acids is 1. The highest BCUT2D eigenvalue weighted by Crippen LogP contribution is 2.32. The number of nitrogens with two attached hydrogens (primary N) is 2. The van der Waals surface area contributed by atoms with Crippen LogP contribution in [0.2, 0.25) is 0 Å². The number of rotatable bonds is 7. The van der Waals surface area contributed by atoms with Crippen LogP contribution in [-0.4, -0.2) is 31.3 Å². The summed E-state index contributed by atoms with van der Waals surface area (Å²) in [5, 5.41) is 2.74. The van der Waals surface area contributed by atoms with E-state index in [4.69, 9.17) is 11.5 Å². The summed E-state index contributed by atoms with van der Waals surface area (Å²) in [7, 11) is 1.61. The van der Waals surface area contributed by atoms with Crippen LogP contribution >= 0.6 is 27.3 Å². The van der Waals surface area contributed by atoms with Crippen LogP contribution in [0.4, 0.5) is 13.2 Å². The second-order valence-electron chi connectivity index (χ2n) is 6.43. The van der Waals surface area contributed by atoms with E-state index in [1.165, 1.54) is 35.7 Å². The van der Waals surface area contributed by atoms with E-state index >= 15 is 0 Å². The molecule has 0 unspecified atom stereocenters. The van der Waals surface area contributed by atoms with Gasteiger partial charge >= 0.3 is 6.18 Å². The van der Waals surface area contributed by atoms with E-state index in [1.54, 1.807) is 13.1 Å². The zero-order chi connectivity index (χ0) is 22.5. The number of thiophene rings is 1. The van der Waals surface area contributed by atoms with Crippen molar-refractivity contribution >= 4 is 38.9 Å². The van der Waals surface area contributed by atoms with E-state index in [0.717, 1.165) is 16.5 Å². The van der Waals surface area contributed by atoms with E-state index in [2.05, 4.69) is 26.2 Å². The molecule has 1 amide bonds. The average molecular weight is 503 g/mol. The summed E-state index contributed by atoms with van der Waals surface area (Å²) >= 11 is 4.59. The van der Waals surface area contributed by atoms with E-state index < -0.39 is 23.7 Å². The van der Waals surface area contributed by atoms with Gasteiger partial charge in [0.05, 0.1) is 20.6 Å². The first-order valence-corrected chi connectivity index (χ1v) is 10.5. The van der Waals surface area contributed by atoms with Gasteiger partial charge in [-0.3, -0.25) is 9.79 Å². The number of alkyl halides is 3. The fourth-order valence-electron chi connectivity index (χ4n) is 2.95. The molecule has 0 aliphatic carbocycles. The van der Waals surface area contributed by atoms with Crippen LogP contribution in [0.1, 0.15) is 31.2 Å². The molecule has 2 rings (SSSR count). The lowest BCUT2D eigenvalue weighted by atomic mass is 9.99. The number of halogens is 4. The van der Waals surface area contributed by atoms with Crippen molar-refractivity contribution in [1.82, 2.24) is 5.32 Å². The van der Waals surface area contributed by atoms with Crippen LogP contribution in [0, 0.1) is 6.92 Å². The molecule has 0 fully saturated rings. The summed E-state index contributed by atoms with van der Waals surface area (Å²) in [5.74, 6) is -0.405. The minimum atomic E-state index is -4.47. The summed E-state index contributed by atoms with van der Waals surface area (Å²) < 4.78 is 40.3.